The molecule has 140 valence electrons. The molecule has 0 unspecified atom stereocenters. The van der Waals surface area contributed by atoms with Crippen molar-refractivity contribution in [3.63, 3.8) is 0 Å². The van der Waals surface area contributed by atoms with Crippen molar-refractivity contribution in [3.8, 4) is 0 Å². The number of sulfonamides is 1. The monoisotopic (exact) mass is 387 g/mol. The summed E-state index contributed by atoms with van der Waals surface area (Å²) >= 11 is 0. The molecule has 0 saturated carbocycles. The Morgan fingerprint density at radius 2 is 1.56 bits per heavy atom. The van der Waals surface area contributed by atoms with Crippen molar-refractivity contribution in [2.75, 3.05) is 4.31 Å². The molecular weight excluding hydrogens is 368 g/mol. The summed E-state index contributed by atoms with van der Waals surface area (Å²) < 4.78 is 55.3. The van der Waals surface area contributed by atoms with Crippen molar-refractivity contribution < 1.29 is 17.2 Å². The van der Waals surface area contributed by atoms with Gasteiger partial charge in [0.2, 0.25) is 0 Å². The molecule has 3 aromatic rings. The lowest BCUT2D eigenvalue weighted by molar-refractivity contribution is 0.584. The molecule has 0 aliphatic heterocycles. The van der Waals surface area contributed by atoms with Gasteiger partial charge in [0.1, 0.15) is 11.6 Å². The fraction of sp³-hybridized carbons (Fsp3) is 0.143. The summed E-state index contributed by atoms with van der Waals surface area (Å²) in [6.07, 6.45) is 0. The fourth-order valence-corrected chi connectivity index (χ4v) is 4.58. The highest BCUT2D eigenvalue weighted by Gasteiger charge is 2.27. The highest BCUT2D eigenvalue weighted by atomic mass is 32.2. The molecule has 0 fully saturated rings. The molecule has 0 atom stereocenters. The van der Waals surface area contributed by atoms with Gasteiger partial charge in [0.25, 0.3) is 10.0 Å². The maximum absolute atomic E-state index is 13.8. The normalized spacial score (nSPS) is 11.4. The molecule has 0 saturated heterocycles. The maximum atomic E-state index is 13.8. The van der Waals surface area contributed by atoms with Crippen LogP contribution in [0.5, 0.6) is 0 Å². The third kappa shape index (κ3) is 4.17. The minimum absolute atomic E-state index is 0.00339. The van der Waals surface area contributed by atoms with E-state index in [1.54, 1.807) is 13.0 Å². The molecule has 3 rings (SSSR count). The van der Waals surface area contributed by atoms with Gasteiger partial charge in [-0.3, -0.25) is 4.31 Å². The van der Waals surface area contributed by atoms with Crippen molar-refractivity contribution in [3.05, 3.63) is 95.1 Å². The molecule has 0 aliphatic carbocycles. The lowest BCUT2D eigenvalue weighted by Gasteiger charge is -2.25. The van der Waals surface area contributed by atoms with Gasteiger partial charge in [-0.15, -0.1) is 0 Å². The summed E-state index contributed by atoms with van der Waals surface area (Å²) in [6.45, 7) is 3.51. The highest BCUT2D eigenvalue weighted by molar-refractivity contribution is 7.92. The van der Waals surface area contributed by atoms with E-state index in [1.165, 1.54) is 30.3 Å². The number of benzene rings is 3. The van der Waals surface area contributed by atoms with E-state index in [0.29, 0.717) is 5.56 Å². The number of halogens is 2. The summed E-state index contributed by atoms with van der Waals surface area (Å²) in [4.78, 5) is -0.139. The second kappa shape index (κ2) is 7.48. The van der Waals surface area contributed by atoms with E-state index < -0.39 is 21.7 Å². The molecule has 0 amide bonds. The van der Waals surface area contributed by atoms with Crippen molar-refractivity contribution >= 4 is 15.7 Å². The van der Waals surface area contributed by atoms with E-state index in [-0.39, 0.29) is 17.1 Å². The van der Waals surface area contributed by atoms with E-state index in [1.807, 2.05) is 25.1 Å². The van der Waals surface area contributed by atoms with Crippen molar-refractivity contribution in [2.45, 2.75) is 25.3 Å². The maximum Gasteiger partial charge on any atom is 0.264 e. The quantitative estimate of drug-likeness (QED) is 0.619. The first-order chi connectivity index (χ1) is 12.8. The molecule has 27 heavy (non-hydrogen) atoms. The smallest absolute Gasteiger partial charge is 0.262 e. The molecule has 0 aromatic heterocycles. The Morgan fingerprint density at radius 3 is 2.26 bits per heavy atom. The standard InChI is InChI=1S/C21H19F2NO2S/c1-15-5-3-6-17(11-15)14-24(20-8-4-7-18(22)12-20)27(25,26)21-13-19(23)10-9-16(21)2/h3-13H,14H2,1-2H3. The average molecular weight is 387 g/mol. The predicted octanol–water partition coefficient (Wildman–Crippen LogP) is 4.98. The molecule has 0 N–H and O–H groups in total. The van der Waals surface area contributed by atoms with Crippen LogP contribution in [0.3, 0.4) is 0 Å². The summed E-state index contributed by atoms with van der Waals surface area (Å²) in [5.41, 5.74) is 2.32. The van der Waals surface area contributed by atoms with Crippen LogP contribution in [-0.4, -0.2) is 8.42 Å². The predicted molar refractivity (Wildman–Crippen MR) is 102 cm³/mol. The van der Waals surface area contributed by atoms with Crippen molar-refractivity contribution in [1.29, 1.82) is 0 Å². The van der Waals surface area contributed by atoms with Crippen LogP contribution in [0.15, 0.2) is 71.6 Å². The van der Waals surface area contributed by atoms with Crippen LogP contribution in [0.2, 0.25) is 0 Å². The molecule has 6 heteroatoms. The average Bonchev–Trinajstić information content (AvgIpc) is 2.61. The van der Waals surface area contributed by atoms with E-state index in [4.69, 9.17) is 0 Å². The van der Waals surface area contributed by atoms with Crippen molar-refractivity contribution in [1.82, 2.24) is 0 Å². The Kier molecular flexibility index (Phi) is 5.28. The van der Waals surface area contributed by atoms with E-state index in [0.717, 1.165) is 27.6 Å². The van der Waals surface area contributed by atoms with E-state index in [9.17, 15) is 17.2 Å². The van der Waals surface area contributed by atoms with Gasteiger partial charge in [-0.25, -0.2) is 17.2 Å². The van der Waals surface area contributed by atoms with Crippen LogP contribution in [0, 0.1) is 25.5 Å². The number of hydrogen-bond donors (Lipinski definition) is 0. The van der Waals surface area contributed by atoms with Crippen LogP contribution >= 0.6 is 0 Å². The molecule has 0 heterocycles. The van der Waals surface area contributed by atoms with Gasteiger partial charge < -0.3 is 0 Å². The first-order valence-electron chi connectivity index (χ1n) is 8.37. The number of anilines is 1. The Morgan fingerprint density at radius 1 is 0.852 bits per heavy atom. The Bertz CT molecular complexity index is 1080. The minimum atomic E-state index is -4.11. The summed E-state index contributed by atoms with van der Waals surface area (Å²) in [6, 6.07) is 16.4. The second-order valence-corrected chi connectivity index (χ2v) is 8.22. The lowest BCUT2D eigenvalue weighted by atomic mass is 10.1. The van der Waals surface area contributed by atoms with Crippen LogP contribution in [0.4, 0.5) is 14.5 Å². The van der Waals surface area contributed by atoms with Gasteiger partial charge in [0, 0.05) is 0 Å². The fourth-order valence-electron chi connectivity index (χ4n) is 2.89. The van der Waals surface area contributed by atoms with Crippen LogP contribution in [0.1, 0.15) is 16.7 Å². The number of rotatable bonds is 5. The van der Waals surface area contributed by atoms with Gasteiger partial charge in [0.05, 0.1) is 17.1 Å². The van der Waals surface area contributed by atoms with Crippen molar-refractivity contribution in [2.24, 2.45) is 0 Å². The Balaban J connectivity index is 2.15. The Hall–Kier alpha value is -2.73. The Labute approximate surface area is 157 Å². The second-order valence-electron chi connectivity index (χ2n) is 6.39. The molecule has 0 spiro atoms. The summed E-state index contributed by atoms with van der Waals surface area (Å²) in [5.74, 6) is -1.19. The third-order valence-electron chi connectivity index (χ3n) is 4.22. The van der Waals surface area contributed by atoms with Gasteiger partial charge in [-0.1, -0.05) is 42.0 Å². The van der Waals surface area contributed by atoms with Gasteiger partial charge in [-0.2, -0.15) is 0 Å². The van der Waals surface area contributed by atoms with Crippen LogP contribution < -0.4 is 4.31 Å². The summed E-state index contributed by atoms with van der Waals surface area (Å²) in [7, 11) is -4.11. The topological polar surface area (TPSA) is 37.4 Å². The highest BCUT2D eigenvalue weighted by Crippen LogP contribution is 2.28. The van der Waals surface area contributed by atoms with Crippen LogP contribution in [0.25, 0.3) is 0 Å². The molecule has 0 aliphatic rings. The van der Waals surface area contributed by atoms with Crippen LogP contribution in [-0.2, 0) is 16.6 Å². The summed E-state index contributed by atoms with van der Waals surface area (Å²) in [5, 5.41) is 0. The van der Waals surface area contributed by atoms with Gasteiger partial charge in [0.15, 0.2) is 0 Å². The number of hydrogen-bond acceptors (Lipinski definition) is 2. The molecular formula is C21H19F2NO2S. The minimum Gasteiger partial charge on any atom is -0.262 e. The molecule has 3 nitrogen and oxygen atoms in total. The third-order valence-corrected chi connectivity index (χ3v) is 6.14. The zero-order valence-electron chi connectivity index (χ0n) is 15.0. The first-order valence-corrected chi connectivity index (χ1v) is 9.81. The van der Waals surface area contributed by atoms with Gasteiger partial charge in [-0.05, 0) is 55.3 Å². The SMILES string of the molecule is Cc1cccc(CN(c2cccc(F)c2)S(=O)(=O)c2cc(F)ccc2C)c1. The number of nitrogens with zero attached hydrogens (tertiary/aromatic N) is 1. The van der Waals surface area contributed by atoms with E-state index in [2.05, 4.69) is 0 Å². The lowest BCUT2D eigenvalue weighted by Crippen LogP contribution is -2.31. The zero-order chi connectivity index (χ0) is 19.6. The van der Waals surface area contributed by atoms with Gasteiger partial charge >= 0.3 is 0 Å². The number of aryl methyl sites for hydroxylation is 2. The largest absolute Gasteiger partial charge is 0.264 e. The zero-order valence-corrected chi connectivity index (χ0v) is 15.8. The molecule has 3 aromatic carbocycles. The molecule has 0 radical (unpaired) electrons. The first kappa shape index (κ1) is 19.0. The van der Waals surface area contributed by atoms with E-state index >= 15 is 0 Å². The molecule has 0 bridgehead atoms.